The second kappa shape index (κ2) is 8.52. The second-order valence-electron chi connectivity index (χ2n) is 5.43. The van der Waals surface area contributed by atoms with Gasteiger partial charge in [-0.15, -0.1) is 36.2 Å². The van der Waals surface area contributed by atoms with Crippen molar-refractivity contribution >= 4 is 47.7 Å². The van der Waals surface area contributed by atoms with Gasteiger partial charge in [-0.05, 0) is 37.8 Å². The molecule has 2 aromatic rings. The molecule has 1 aromatic carbocycles. The van der Waals surface area contributed by atoms with E-state index in [1.807, 2.05) is 12.1 Å². The number of aromatic nitrogens is 1. The predicted octanol–water partition coefficient (Wildman–Crippen LogP) is 3.72. The van der Waals surface area contributed by atoms with Gasteiger partial charge in [-0.1, -0.05) is 12.1 Å². The SMILES string of the molecule is CN(Cc1nc2c(s1)CCCC2)C(=O)c1ccccc1N.Cl.Cl. The summed E-state index contributed by atoms with van der Waals surface area (Å²) in [7, 11) is 1.80. The van der Waals surface area contributed by atoms with E-state index >= 15 is 0 Å². The molecule has 0 saturated carbocycles. The van der Waals surface area contributed by atoms with Gasteiger partial charge in [0.25, 0.3) is 5.91 Å². The van der Waals surface area contributed by atoms with Crippen LogP contribution in [0.15, 0.2) is 24.3 Å². The zero-order chi connectivity index (χ0) is 14.8. The first kappa shape index (κ1) is 19.7. The largest absolute Gasteiger partial charge is 0.398 e. The minimum absolute atomic E-state index is 0. The van der Waals surface area contributed by atoms with Gasteiger partial charge in [0.15, 0.2) is 0 Å². The molecule has 1 aliphatic carbocycles. The Hall–Kier alpha value is -1.30. The molecule has 3 rings (SSSR count). The minimum Gasteiger partial charge on any atom is -0.398 e. The number of benzene rings is 1. The van der Waals surface area contributed by atoms with Crippen LogP contribution in [0.25, 0.3) is 0 Å². The van der Waals surface area contributed by atoms with Crippen LogP contribution < -0.4 is 5.73 Å². The number of carbonyl (C=O) groups is 1. The van der Waals surface area contributed by atoms with E-state index in [-0.39, 0.29) is 30.7 Å². The first-order chi connectivity index (χ1) is 10.1. The maximum atomic E-state index is 12.4. The van der Waals surface area contributed by atoms with Gasteiger partial charge in [-0.25, -0.2) is 4.98 Å². The van der Waals surface area contributed by atoms with Crippen LogP contribution in [0.5, 0.6) is 0 Å². The van der Waals surface area contributed by atoms with Crippen molar-refractivity contribution in [3.05, 3.63) is 45.4 Å². The highest BCUT2D eigenvalue weighted by Crippen LogP contribution is 2.27. The van der Waals surface area contributed by atoms with E-state index in [0.29, 0.717) is 17.8 Å². The number of rotatable bonds is 3. The fraction of sp³-hybridized carbons (Fsp3) is 0.375. The zero-order valence-corrected chi connectivity index (χ0v) is 15.4. The Morgan fingerprint density at radius 2 is 1.96 bits per heavy atom. The van der Waals surface area contributed by atoms with E-state index in [2.05, 4.69) is 4.98 Å². The van der Waals surface area contributed by atoms with Crippen LogP contribution in [-0.2, 0) is 19.4 Å². The van der Waals surface area contributed by atoms with Crippen molar-refractivity contribution in [3.8, 4) is 0 Å². The Bertz CT molecular complexity index is 652. The molecule has 0 bridgehead atoms. The Kier molecular flexibility index (Phi) is 7.32. The molecule has 0 atom stereocenters. The van der Waals surface area contributed by atoms with Crippen molar-refractivity contribution in [2.75, 3.05) is 12.8 Å². The highest BCUT2D eigenvalue weighted by molar-refractivity contribution is 7.11. The molecule has 4 nitrogen and oxygen atoms in total. The number of nitrogens with zero attached hydrogens (tertiary/aromatic N) is 2. The summed E-state index contributed by atoms with van der Waals surface area (Å²) < 4.78 is 0. The number of carbonyl (C=O) groups excluding carboxylic acids is 1. The fourth-order valence-electron chi connectivity index (χ4n) is 2.65. The summed E-state index contributed by atoms with van der Waals surface area (Å²) >= 11 is 1.74. The summed E-state index contributed by atoms with van der Waals surface area (Å²) in [6, 6.07) is 7.19. The van der Waals surface area contributed by atoms with Crippen LogP contribution >= 0.6 is 36.2 Å². The minimum atomic E-state index is -0.0544. The van der Waals surface area contributed by atoms with E-state index in [4.69, 9.17) is 5.73 Å². The number of nitrogens with two attached hydrogens (primary N) is 1. The molecule has 126 valence electrons. The number of fused-ring (bicyclic) bond motifs is 1. The lowest BCUT2D eigenvalue weighted by Gasteiger charge is -2.16. The Balaban J connectivity index is 0.00000132. The second-order valence-corrected chi connectivity index (χ2v) is 6.60. The summed E-state index contributed by atoms with van der Waals surface area (Å²) in [5.74, 6) is -0.0544. The molecule has 0 fully saturated rings. The first-order valence-electron chi connectivity index (χ1n) is 7.22. The standard InChI is InChI=1S/C16H19N3OS.2ClH/c1-19(16(20)11-6-2-3-7-12(11)17)10-15-18-13-8-4-5-9-14(13)21-15;;/h2-3,6-7H,4-5,8-10,17H2,1H3;2*1H. The summed E-state index contributed by atoms with van der Waals surface area (Å²) in [5, 5.41) is 1.02. The van der Waals surface area contributed by atoms with Gasteiger partial charge >= 0.3 is 0 Å². The molecule has 1 amide bonds. The smallest absolute Gasteiger partial charge is 0.256 e. The number of para-hydroxylation sites is 1. The molecule has 7 heteroatoms. The zero-order valence-electron chi connectivity index (χ0n) is 12.9. The monoisotopic (exact) mass is 373 g/mol. The van der Waals surface area contributed by atoms with E-state index in [1.54, 1.807) is 35.4 Å². The summed E-state index contributed by atoms with van der Waals surface area (Å²) in [5.41, 5.74) is 8.19. The van der Waals surface area contributed by atoms with E-state index in [9.17, 15) is 4.79 Å². The molecule has 1 heterocycles. The summed E-state index contributed by atoms with van der Waals surface area (Å²) in [6.07, 6.45) is 4.70. The number of halogens is 2. The topological polar surface area (TPSA) is 59.2 Å². The molecule has 1 aliphatic rings. The summed E-state index contributed by atoms with van der Waals surface area (Å²) in [6.45, 7) is 0.546. The molecule has 1 aromatic heterocycles. The van der Waals surface area contributed by atoms with Crippen molar-refractivity contribution in [2.24, 2.45) is 0 Å². The highest BCUT2D eigenvalue weighted by atomic mass is 35.5. The fourth-order valence-corrected chi connectivity index (χ4v) is 3.86. The van der Waals surface area contributed by atoms with Crippen LogP contribution in [0.2, 0.25) is 0 Å². The third-order valence-electron chi connectivity index (χ3n) is 3.80. The lowest BCUT2D eigenvalue weighted by molar-refractivity contribution is 0.0786. The number of thiazole rings is 1. The molecule has 0 radical (unpaired) electrons. The van der Waals surface area contributed by atoms with Gasteiger partial charge < -0.3 is 10.6 Å². The van der Waals surface area contributed by atoms with Crippen molar-refractivity contribution in [3.63, 3.8) is 0 Å². The van der Waals surface area contributed by atoms with Gasteiger partial charge in [0, 0.05) is 17.6 Å². The molecule has 2 N–H and O–H groups in total. The van der Waals surface area contributed by atoms with Crippen LogP contribution in [0.3, 0.4) is 0 Å². The maximum Gasteiger partial charge on any atom is 0.256 e. The van der Waals surface area contributed by atoms with Crippen molar-refractivity contribution in [1.29, 1.82) is 0 Å². The normalized spacial score (nSPS) is 12.6. The van der Waals surface area contributed by atoms with Crippen LogP contribution in [0.4, 0.5) is 5.69 Å². The van der Waals surface area contributed by atoms with Crippen LogP contribution in [0, 0.1) is 0 Å². The summed E-state index contributed by atoms with van der Waals surface area (Å²) in [4.78, 5) is 20.2. The Labute approximate surface area is 152 Å². The quantitative estimate of drug-likeness (QED) is 0.833. The number of hydrogen-bond acceptors (Lipinski definition) is 4. The van der Waals surface area contributed by atoms with Gasteiger partial charge in [0.2, 0.25) is 0 Å². The van der Waals surface area contributed by atoms with Gasteiger partial charge in [-0.2, -0.15) is 0 Å². The van der Waals surface area contributed by atoms with Gasteiger partial charge in [0.05, 0.1) is 17.8 Å². The third-order valence-corrected chi connectivity index (χ3v) is 4.94. The van der Waals surface area contributed by atoms with Crippen molar-refractivity contribution in [2.45, 2.75) is 32.2 Å². The van der Waals surface area contributed by atoms with E-state index in [0.717, 1.165) is 17.8 Å². The number of amides is 1. The molecule has 0 spiro atoms. The van der Waals surface area contributed by atoms with Gasteiger partial charge in [0.1, 0.15) is 5.01 Å². The third kappa shape index (κ3) is 4.37. The number of aryl methyl sites for hydroxylation is 2. The average molecular weight is 374 g/mol. The van der Waals surface area contributed by atoms with Crippen molar-refractivity contribution in [1.82, 2.24) is 9.88 Å². The molecule has 0 aliphatic heterocycles. The van der Waals surface area contributed by atoms with Gasteiger partial charge in [-0.3, -0.25) is 4.79 Å². The van der Waals surface area contributed by atoms with Crippen molar-refractivity contribution < 1.29 is 4.79 Å². The predicted molar refractivity (Wildman–Crippen MR) is 99.9 cm³/mol. The van der Waals surface area contributed by atoms with Crippen LogP contribution in [-0.4, -0.2) is 22.8 Å². The number of hydrogen-bond donors (Lipinski definition) is 1. The van der Waals surface area contributed by atoms with Crippen LogP contribution in [0.1, 0.15) is 38.8 Å². The Morgan fingerprint density at radius 1 is 1.26 bits per heavy atom. The molecule has 23 heavy (non-hydrogen) atoms. The molecular formula is C16H21Cl2N3OS. The van der Waals surface area contributed by atoms with E-state index < -0.39 is 0 Å². The number of anilines is 1. The molecular weight excluding hydrogens is 353 g/mol. The molecule has 0 saturated heterocycles. The lowest BCUT2D eigenvalue weighted by Crippen LogP contribution is -2.26. The average Bonchev–Trinajstić information content (AvgIpc) is 2.89. The lowest BCUT2D eigenvalue weighted by atomic mass is 10.0. The first-order valence-corrected chi connectivity index (χ1v) is 8.04. The Morgan fingerprint density at radius 3 is 2.65 bits per heavy atom. The number of nitrogen functional groups attached to an aromatic ring is 1. The highest BCUT2D eigenvalue weighted by Gasteiger charge is 2.19. The maximum absolute atomic E-state index is 12.4. The van der Waals surface area contributed by atoms with E-state index in [1.165, 1.54) is 23.4 Å². The molecule has 0 unspecified atom stereocenters.